The molecule has 0 fully saturated rings. The maximum atomic E-state index is 11.4. The molecule has 0 N–H and O–H groups in total. The Hall–Kier alpha value is -2.27. The van der Waals surface area contributed by atoms with Crippen LogP contribution in [-0.2, 0) is 23.0 Å². The van der Waals surface area contributed by atoms with Crippen molar-refractivity contribution in [2.45, 2.75) is 6.42 Å². The molecule has 124 valence electrons. The summed E-state index contributed by atoms with van der Waals surface area (Å²) in [5.41, 5.74) is 3.25. The van der Waals surface area contributed by atoms with Gasteiger partial charge in [-0.15, -0.1) is 0 Å². The summed E-state index contributed by atoms with van der Waals surface area (Å²) in [5.74, 6) is 0.487. The maximum Gasteiger partial charge on any atom is 0.330 e. The van der Waals surface area contributed by atoms with Crippen LogP contribution in [0.15, 0.2) is 24.4 Å². The lowest BCUT2D eigenvalue weighted by molar-refractivity contribution is -0.134. The van der Waals surface area contributed by atoms with E-state index in [9.17, 15) is 4.79 Å². The van der Waals surface area contributed by atoms with Crippen molar-refractivity contribution in [2.24, 2.45) is 7.05 Å². The molecule has 2 rings (SSSR count). The van der Waals surface area contributed by atoms with Gasteiger partial charge in [0.2, 0.25) is 0 Å². The van der Waals surface area contributed by atoms with E-state index in [1.807, 2.05) is 19.2 Å². The number of likely N-dealkylation sites (N-methyl/N-ethyl adjacent to an activating group) is 1. The summed E-state index contributed by atoms with van der Waals surface area (Å²) < 4.78 is 12.3. The van der Waals surface area contributed by atoms with Crippen molar-refractivity contribution >= 4 is 22.9 Å². The molecule has 0 bridgehead atoms. The lowest BCUT2D eigenvalue weighted by atomic mass is 10.0. The largest absolute Gasteiger partial charge is 0.496 e. The average molecular weight is 316 g/mol. The zero-order valence-electron chi connectivity index (χ0n) is 14.4. The van der Waals surface area contributed by atoms with Crippen LogP contribution in [0.5, 0.6) is 5.75 Å². The van der Waals surface area contributed by atoms with E-state index in [2.05, 4.69) is 34.5 Å². The number of nitrogens with zero attached hydrogens (tertiary/aromatic N) is 2. The summed E-state index contributed by atoms with van der Waals surface area (Å²) in [5, 5.41) is 1.10. The number of rotatable bonds is 6. The maximum absolute atomic E-state index is 11.4. The Morgan fingerprint density at radius 2 is 2.04 bits per heavy atom. The Balaban J connectivity index is 2.55. The van der Waals surface area contributed by atoms with Gasteiger partial charge in [-0.2, -0.15) is 0 Å². The predicted molar refractivity (Wildman–Crippen MR) is 92.8 cm³/mol. The smallest absolute Gasteiger partial charge is 0.330 e. The van der Waals surface area contributed by atoms with E-state index < -0.39 is 0 Å². The molecule has 0 radical (unpaired) electrons. The van der Waals surface area contributed by atoms with Crippen LogP contribution in [0.25, 0.3) is 17.0 Å². The Morgan fingerprint density at radius 3 is 2.65 bits per heavy atom. The summed E-state index contributed by atoms with van der Waals surface area (Å²) in [6.45, 7) is 0.963. The number of hydrogen-bond acceptors (Lipinski definition) is 4. The normalized spacial score (nSPS) is 11.6. The number of esters is 1. The van der Waals surface area contributed by atoms with Crippen LogP contribution >= 0.6 is 0 Å². The molecule has 0 aliphatic heterocycles. The molecule has 0 aliphatic carbocycles. The summed E-state index contributed by atoms with van der Waals surface area (Å²) in [6, 6.07) is 3.90. The Bertz CT molecular complexity index is 729. The SMILES string of the molecule is COC(=O)C=Cc1ccc(OC)c2c(CCN(C)C)cn(C)c12. The molecule has 5 nitrogen and oxygen atoms in total. The van der Waals surface area contributed by atoms with Crippen LogP contribution in [-0.4, -0.2) is 50.3 Å². The van der Waals surface area contributed by atoms with Crippen molar-refractivity contribution in [1.82, 2.24) is 9.47 Å². The first kappa shape index (κ1) is 17.1. The van der Waals surface area contributed by atoms with Crippen molar-refractivity contribution < 1.29 is 14.3 Å². The molecule has 0 spiro atoms. The van der Waals surface area contributed by atoms with Gasteiger partial charge in [0, 0.05) is 31.3 Å². The minimum Gasteiger partial charge on any atom is -0.496 e. The van der Waals surface area contributed by atoms with Crippen LogP contribution in [0, 0.1) is 0 Å². The fourth-order valence-corrected chi connectivity index (χ4v) is 2.71. The Morgan fingerprint density at radius 1 is 1.30 bits per heavy atom. The highest BCUT2D eigenvalue weighted by Crippen LogP contribution is 2.33. The van der Waals surface area contributed by atoms with Crippen molar-refractivity contribution in [1.29, 1.82) is 0 Å². The van der Waals surface area contributed by atoms with E-state index in [1.165, 1.54) is 18.7 Å². The molecular formula is C18H24N2O3. The van der Waals surface area contributed by atoms with Gasteiger partial charge in [-0.05, 0) is 49.9 Å². The molecule has 5 heteroatoms. The first-order chi connectivity index (χ1) is 11.0. The Kier molecular flexibility index (Phi) is 5.45. The molecule has 0 aliphatic rings. The number of hydrogen-bond donors (Lipinski definition) is 0. The highest BCUT2D eigenvalue weighted by atomic mass is 16.5. The molecule has 1 aromatic heterocycles. The summed E-state index contributed by atoms with van der Waals surface area (Å²) in [4.78, 5) is 13.5. The second-order valence-electron chi connectivity index (χ2n) is 5.76. The summed E-state index contributed by atoms with van der Waals surface area (Å²) in [7, 11) is 9.19. The number of ether oxygens (including phenoxy) is 2. The predicted octanol–water partition coefficient (Wildman–Crippen LogP) is 2.48. The van der Waals surface area contributed by atoms with Crippen molar-refractivity contribution in [3.8, 4) is 5.75 Å². The fraction of sp³-hybridized carbons (Fsp3) is 0.389. The lowest BCUT2D eigenvalue weighted by Gasteiger charge is -2.10. The number of aryl methyl sites for hydroxylation is 1. The molecule has 0 saturated heterocycles. The number of carbonyl (C=O) groups excluding carboxylic acids is 1. The molecule has 0 saturated carbocycles. The minimum absolute atomic E-state index is 0.365. The molecule has 0 atom stereocenters. The molecule has 1 aromatic carbocycles. The van der Waals surface area contributed by atoms with Gasteiger partial charge in [-0.1, -0.05) is 0 Å². The van der Waals surface area contributed by atoms with Gasteiger partial charge in [-0.3, -0.25) is 0 Å². The second-order valence-corrected chi connectivity index (χ2v) is 5.76. The summed E-state index contributed by atoms with van der Waals surface area (Å²) >= 11 is 0. The lowest BCUT2D eigenvalue weighted by Crippen LogP contribution is -2.14. The highest BCUT2D eigenvalue weighted by Gasteiger charge is 2.14. The number of methoxy groups -OCH3 is 2. The van der Waals surface area contributed by atoms with Crippen LogP contribution in [0.1, 0.15) is 11.1 Å². The van der Waals surface area contributed by atoms with Gasteiger partial charge in [0.15, 0.2) is 0 Å². The quantitative estimate of drug-likeness (QED) is 0.606. The van der Waals surface area contributed by atoms with E-state index >= 15 is 0 Å². The van der Waals surface area contributed by atoms with E-state index in [-0.39, 0.29) is 5.97 Å². The van der Waals surface area contributed by atoms with E-state index in [1.54, 1.807) is 13.2 Å². The Labute approximate surface area is 137 Å². The molecule has 0 unspecified atom stereocenters. The van der Waals surface area contributed by atoms with Gasteiger partial charge in [-0.25, -0.2) is 4.79 Å². The first-order valence-electron chi connectivity index (χ1n) is 7.53. The number of benzene rings is 1. The van der Waals surface area contributed by atoms with Crippen molar-refractivity contribution in [3.05, 3.63) is 35.5 Å². The zero-order valence-corrected chi connectivity index (χ0v) is 14.4. The zero-order chi connectivity index (χ0) is 17.0. The minimum atomic E-state index is -0.365. The van der Waals surface area contributed by atoms with E-state index in [4.69, 9.17) is 4.74 Å². The van der Waals surface area contributed by atoms with Gasteiger partial charge in [0.05, 0.1) is 19.7 Å². The van der Waals surface area contributed by atoms with Crippen molar-refractivity contribution in [3.63, 3.8) is 0 Å². The third kappa shape index (κ3) is 3.74. The number of fused-ring (bicyclic) bond motifs is 1. The standard InChI is InChI=1S/C18H24N2O3/c1-19(2)11-10-14-12-20(3)18-13(7-9-16(21)23-5)6-8-15(22-4)17(14)18/h6-9,12H,10-11H2,1-5H3. The van der Waals surface area contributed by atoms with Gasteiger partial charge >= 0.3 is 5.97 Å². The van der Waals surface area contributed by atoms with Crippen LogP contribution in [0.4, 0.5) is 0 Å². The average Bonchev–Trinajstić information content (AvgIpc) is 2.87. The second kappa shape index (κ2) is 7.33. The third-order valence-electron chi connectivity index (χ3n) is 3.84. The van der Waals surface area contributed by atoms with Crippen LogP contribution < -0.4 is 4.74 Å². The number of carbonyl (C=O) groups is 1. The first-order valence-corrected chi connectivity index (χ1v) is 7.53. The summed E-state index contributed by atoms with van der Waals surface area (Å²) in [6.07, 6.45) is 6.29. The molecule has 2 aromatic rings. The highest BCUT2D eigenvalue weighted by molar-refractivity contribution is 5.98. The molecule has 0 amide bonds. The van der Waals surface area contributed by atoms with Crippen LogP contribution in [0.2, 0.25) is 0 Å². The molecule has 1 heterocycles. The molecular weight excluding hydrogens is 292 g/mol. The monoisotopic (exact) mass is 316 g/mol. The van der Waals surface area contributed by atoms with Gasteiger partial charge in [0.1, 0.15) is 5.75 Å². The van der Waals surface area contributed by atoms with E-state index in [0.29, 0.717) is 0 Å². The van der Waals surface area contributed by atoms with Gasteiger partial charge in [0.25, 0.3) is 0 Å². The number of aromatic nitrogens is 1. The van der Waals surface area contributed by atoms with Crippen LogP contribution in [0.3, 0.4) is 0 Å². The topological polar surface area (TPSA) is 43.7 Å². The van der Waals surface area contributed by atoms with Crippen molar-refractivity contribution in [2.75, 3.05) is 34.9 Å². The van der Waals surface area contributed by atoms with Gasteiger partial charge < -0.3 is 18.9 Å². The van der Waals surface area contributed by atoms with E-state index in [0.717, 1.165) is 35.2 Å². The molecule has 23 heavy (non-hydrogen) atoms. The fourth-order valence-electron chi connectivity index (χ4n) is 2.71. The third-order valence-corrected chi connectivity index (χ3v) is 3.84.